The van der Waals surface area contributed by atoms with Gasteiger partial charge in [-0.05, 0) is 19.3 Å². The Morgan fingerprint density at radius 1 is 1.56 bits per heavy atom. The second-order valence-electron chi connectivity index (χ2n) is 3.89. The number of carbonyl (C=O) groups is 2. The molecule has 0 saturated carbocycles. The molecule has 0 spiro atoms. The molecule has 0 aromatic rings. The Kier molecular flexibility index (Phi) is 5.76. The molecule has 4 nitrogen and oxygen atoms in total. The average Bonchev–Trinajstić information content (AvgIpc) is 2.34. The van der Waals surface area contributed by atoms with E-state index in [1.165, 1.54) is 0 Å². The quantitative estimate of drug-likeness (QED) is 0.305. The summed E-state index contributed by atoms with van der Waals surface area (Å²) in [5.41, 5.74) is 0. The second-order valence-corrected chi connectivity index (χ2v) is 3.89. The van der Waals surface area contributed by atoms with Crippen LogP contribution >= 0.6 is 0 Å². The monoisotopic (exact) mass is 223 g/mol. The van der Waals surface area contributed by atoms with Crippen molar-refractivity contribution in [2.75, 3.05) is 13.2 Å². The lowest BCUT2D eigenvalue weighted by Crippen LogP contribution is -2.50. The number of ether oxygens (including phenoxy) is 1. The Hall–Kier alpha value is -1.18. The first-order chi connectivity index (χ1) is 7.77. The fourth-order valence-corrected chi connectivity index (χ4v) is 1.67. The molecule has 1 saturated heterocycles. The first kappa shape index (κ1) is 12.9. The summed E-state index contributed by atoms with van der Waals surface area (Å²) in [5.74, 6) is 2.16. The highest BCUT2D eigenvalue weighted by Gasteiger charge is 2.25. The predicted molar refractivity (Wildman–Crippen MR) is 59.9 cm³/mol. The van der Waals surface area contributed by atoms with Crippen LogP contribution in [0.2, 0.25) is 0 Å². The molecule has 2 atom stereocenters. The number of hydrogen-bond donors (Lipinski definition) is 1. The predicted octanol–water partition coefficient (Wildman–Crippen LogP) is 0.305. The molecule has 88 valence electrons. The van der Waals surface area contributed by atoms with Crippen LogP contribution in [-0.4, -0.2) is 37.4 Å². The van der Waals surface area contributed by atoms with Crippen molar-refractivity contribution in [3.63, 3.8) is 0 Å². The van der Waals surface area contributed by atoms with E-state index in [1.807, 2.05) is 0 Å². The zero-order valence-electron chi connectivity index (χ0n) is 9.28. The van der Waals surface area contributed by atoms with Gasteiger partial charge in [0.25, 0.3) is 0 Å². The van der Waals surface area contributed by atoms with Crippen LogP contribution in [-0.2, 0) is 14.3 Å². The standard InChI is InChI=1S/C12H17NO3/c1-2-3-4-5-6-10-7-13-11(9-16-10)12(15)8-14/h1,8,10-11,13H,3-7,9H2. The van der Waals surface area contributed by atoms with Crippen LogP contribution in [0.3, 0.4) is 0 Å². The number of hydrogen-bond acceptors (Lipinski definition) is 4. The molecule has 16 heavy (non-hydrogen) atoms. The van der Waals surface area contributed by atoms with Crippen LogP contribution in [0.5, 0.6) is 0 Å². The molecule has 2 unspecified atom stereocenters. The van der Waals surface area contributed by atoms with Gasteiger partial charge in [-0.15, -0.1) is 12.3 Å². The van der Waals surface area contributed by atoms with Gasteiger partial charge in [0.15, 0.2) is 6.29 Å². The SMILES string of the molecule is C#CCCCCC1CNC(C(=O)C=O)CO1. The maximum Gasteiger partial charge on any atom is 0.214 e. The minimum atomic E-state index is -0.459. The lowest BCUT2D eigenvalue weighted by Gasteiger charge is -2.28. The Bertz CT molecular complexity index is 274. The molecule has 1 rings (SSSR count). The van der Waals surface area contributed by atoms with E-state index in [2.05, 4.69) is 11.2 Å². The third kappa shape index (κ3) is 4.13. The summed E-state index contributed by atoms with van der Waals surface area (Å²) in [5, 5.41) is 3.01. The summed E-state index contributed by atoms with van der Waals surface area (Å²) < 4.78 is 5.50. The van der Waals surface area contributed by atoms with Gasteiger partial charge in [0.2, 0.25) is 5.78 Å². The number of ketones is 1. The van der Waals surface area contributed by atoms with Crippen LogP contribution in [0, 0.1) is 12.3 Å². The minimum absolute atomic E-state index is 0.133. The number of aldehydes is 1. The number of morpholine rings is 1. The first-order valence-corrected chi connectivity index (χ1v) is 5.55. The smallest absolute Gasteiger partial charge is 0.214 e. The van der Waals surface area contributed by atoms with E-state index in [4.69, 9.17) is 11.2 Å². The summed E-state index contributed by atoms with van der Waals surface area (Å²) in [6, 6.07) is -0.459. The molecule has 0 aliphatic carbocycles. The lowest BCUT2D eigenvalue weighted by molar-refractivity contribution is -0.134. The highest BCUT2D eigenvalue weighted by Crippen LogP contribution is 2.10. The minimum Gasteiger partial charge on any atom is -0.375 e. The molecule has 1 heterocycles. The molecule has 1 fully saturated rings. The van der Waals surface area contributed by atoms with Crippen molar-refractivity contribution in [1.29, 1.82) is 0 Å². The maximum absolute atomic E-state index is 11.0. The number of unbranched alkanes of at least 4 members (excludes halogenated alkanes) is 2. The molecule has 0 aromatic heterocycles. The van der Waals surface area contributed by atoms with Crippen molar-refractivity contribution in [2.24, 2.45) is 0 Å². The molecular formula is C12H17NO3. The number of nitrogens with one attached hydrogen (secondary N) is 1. The summed E-state index contributed by atoms with van der Waals surface area (Å²) in [4.78, 5) is 21.3. The van der Waals surface area contributed by atoms with Crippen molar-refractivity contribution < 1.29 is 14.3 Å². The van der Waals surface area contributed by atoms with Crippen LogP contribution in [0.1, 0.15) is 25.7 Å². The summed E-state index contributed by atoms with van der Waals surface area (Å²) in [7, 11) is 0. The van der Waals surface area contributed by atoms with E-state index in [-0.39, 0.29) is 12.7 Å². The fraction of sp³-hybridized carbons (Fsp3) is 0.667. The highest BCUT2D eigenvalue weighted by atomic mass is 16.5. The molecule has 1 N–H and O–H groups in total. The highest BCUT2D eigenvalue weighted by molar-refractivity contribution is 6.27. The molecule has 1 aliphatic rings. The molecule has 1 aliphatic heterocycles. The van der Waals surface area contributed by atoms with Crippen molar-refractivity contribution in [1.82, 2.24) is 5.32 Å². The van der Waals surface area contributed by atoms with Gasteiger partial charge in [0.1, 0.15) is 0 Å². The number of terminal acetylenes is 1. The van der Waals surface area contributed by atoms with Gasteiger partial charge in [-0.25, -0.2) is 0 Å². The van der Waals surface area contributed by atoms with Gasteiger partial charge in [0, 0.05) is 13.0 Å². The van der Waals surface area contributed by atoms with Crippen LogP contribution in [0.15, 0.2) is 0 Å². The van der Waals surface area contributed by atoms with Gasteiger partial charge >= 0.3 is 0 Å². The van der Waals surface area contributed by atoms with E-state index in [0.717, 1.165) is 25.7 Å². The van der Waals surface area contributed by atoms with Gasteiger partial charge < -0.3 is 10.1 Å². The van der Waals surface area contributed by atoms with Gasteiger partial charge in [0.05, 0.1) is 18.8 Å². The normalized spacial score (nSPS) is 24.7. The van der Waals surface area contributed by atoms with E-state index in [9.17, 15) is 9.59 Å². The topological polar surface area (TPSA) is 55.4 Å². The van der Waals surface area contributed by atoms with E-state index in [1.54, 1.807) is 0 Å². The van der Waals surface area contributed by atoms with Gasteiger partial charge in [-0.2, -0.15) is 0 Å². The fourth-order valence-electron chi connectivity index (χ4n) is 1.67. The van der Waals surface area contributed by atoms with E-state index in [0.29, 0.717) is 12.8 Å². The number of rotatable bonds is 6. The summed E-state index contributed by atoms with van der Waals surface area (Å²) in [6.07, 6.45) is 9.40. The molecule has 0 bridgehead atoms. The second kappa shape index (κ2) is 7.15. The third-order valence-corrected chi connectivity index (χ3v) is 2.65. The van der Waals surface area contributed by atoms with Gasteiger partial charge in [-0.3, -0.25) is 9.59 Å². The maximum atomic E-state index is 11.0. The largest absolute Gasteiger partial charge is 0.375 e. The third-order valence-electron chi connectivity index (χ3n) is 2.65. The Morgan fingerprint density at radius 3 is 2.94 bits per heavy atom. The molecule has 4 heteroatoms. The number of carbonyl (C=O) groups excluding carboxylic acids is 2. The van der Waals surface area contributed by atoms with Gasteiger partial charge in [-0.1, -0.05) is 0 Å². The van der Waals surface area contributed by atoms with Crippen LogP contribution in [0.4, 0.5) is 0 Å². The number of Topliss-reactive ketones (excluding diaryl/α,β-unsaturated/α-hetero) is 1. The van der Waals surface area contributed by atoms with Crippen molar-refractivity contribution in [2.45, 2.75) is 37.8 Å². The van der Waals surface area contributed by atoms with Crippen molar-refractivity contribution in [3.8, 4) is 12.3 Å². The van der Waals surface area contributed by atoms with E-state index < -0.39 is 11.8 Å². The average molecular weight is 223 g/mol. The van der Waals surface area contributed by atoms with Crippen LogP contribution in [0.25, 0.3) is 0 Å². The Balaban J connectivity index is 2.15. The zero-order chi connectivity index (χ0) is 11.8. The molecular weight excluding hydrogens is 206 g/mol. The molecule has 0 radical (unpaired) electrons. The lowest BCUT2D eigenvalue weighted by atomic mass is 10.1. The Labute approximate surface area is 95.7 Å². The first-order valence-electron chi connectivity index (χ1n) is 5.55. The van der Waals surface area contributed by atoms with Crippen molar-refractivity contribution >= 4 is 12.1 Å². The van der Waals surface area contributed by atoms with Crippen molar-refractivity contribution in [3.05, 3.63) is 0 Å². The summed E-state index contributed by atoms with van der Waals surface area (Å²) in [6.45, 7) is 0.914. The van der Waals surface area contributed by atoms with Crippen LogP contribution < -0.4 is 5.32 Å². The summed E-state index contributed by atoms with van der Waals surface area (Å²) >= 11 is 0. The zero-order valence-corrected chi connectivity index (χ0v) is 9.28. The molecule has 0 aromatic carbocycles. The Morgan fingerprint density at radius 2 is 2.38 bits per heavy atom. The van der Waals surface area contributed by atoms with E-state index >= 15 is 0 Å². The molecule has 0 amide bonds.